The van der Waals surface area contributed by atoms with Crippen LogP contribution in [0.2, 0.25) is 0 Å². The highest BCUT2D eigenvalue weighted by atomic mass is 16.3. The van der Waals surface area contributed by atoms with E-state index in [2.05, 4.69) is 11.4 Å². The van der Waals surface area contributed by atoms with Gasteiger partial charge in [0.1, 0.15) is 11.9 Å². The summed E-state index contributed by atoms with van der Waals surface area (Å²) >= 11 is 0. The van der Waals surface area contributed by atoms with Crippen molar-refractivity contribution in [3.8, 4) is 0 Å². The molecule has 1 aliphatic heterocycles. The molecule has 1 aromatic carbocycles. The monoisotopic (exact) mass is 328 g/mol. The molecule has 1 aliphatic rings. The minimum Gasteiger partial charge on any atom is -0.467 e. The number of carbonyl (C=O) groups is 2. The van der Waals surface area contributed by atoms with Crippen molar-refractivity contribution in [2.75, 3.05) is 6.54 Å². The molecule has 1 aromatic heterocycles. The van der Waals surface area contributed by atoms with E-state index >= 15 is 0 Å². The summed E-state index contributed by atoms with van der Waals surface area (Å²) in [5, 5.41) is 12.7. The molecule has 2 amide bonds. The number of benzene rings is 1. The summed E-state index contributed by atoms with van der Waals surface area (Å²) < 4.78 is 5.11. The molecule has 2 heterocycles. The summed E-state index contributed by atoms with van der Waals surface area (Å²) in [5.74, 6) is -0.167. The van der Waals surface area contributed by atoms with E-state index in [1.807, 2.05) is 18.2 Å². The lowest BCUT2D eigenvalue weighted by Gasteiger charge is -2.30. The Morgan fingerprint density at radius 3 is 2.75 bits per heavy atom. The fourth-order valence-corrected chi connectivity index (χ4v) is 2.83. The lowest BCUT2D eigenvalue weighted by atomic mass is 9.99. The molecular formula is C18H20N2O4. The van der Waals surface area contributed by atoms with Gasteiger partial charge in [0.15, 0.2) is 0 Å². The molecule has 2 N–H and O–H groups in total. The van der Waals surface area contributed by atoms with Crippen molar-refractivity contribution in [2.45, 2.75) is 32.0 Å². The van der Waals surface area contributed by atoms with E-state index in [1.165, 1.54) is 11.8 Å². The van der Waals surface area contributed by atoms with E-state index < -0.39 is 12.0 Å². The average Bonchev–Trinajstić information content (AvgIpc) is 3.12. The molecule has 0 aliphatic carbocycles. The van der Waals surface area contributed by atoms with Crippen molar-refractivity contribution in [3.63, 3.8) is 0 Å². The zero-order valence-electron chi connectivity index (χ0n) is 13.3. The van der Waals surface area contributed by atoms with Crippen LogP contribution in [0.15, 0.2) is 47.1 Å². The van der Waals surface area contributed by atoms with Gasteiger partial charge in [0.2, 0.25) is 5.91 Å². The number of nitrogens with one attached hydrogen (secondary N) is 1. The van der Waals surface area contributed by atoms with Crippen LogP contribution in [-0.2, 0) is 29.1 Å². The van der Waals surface area contributed by atoms with Gasteiger partial charge in [0.25, 0.3) is 5.91 Å². The van der Waals surface area contributed by atoms with Gasteiger partial charge >= 0.3 is 0 Å². The number of carbonyl (C=O) groups excluding carboxylic acids is 2. The first-order chi connectivity index (χ1) is 11.6. The van der Waals surface area contributed by atoms with Crippen molar-refractivity contribution in [3.05, 3.63) is 59.5 Å². The molecule has 0 radical (unpaired) electrons. The maximum Gasteiger partial charge on any atom is 0.252 e. The molecule has 0 fully saturated rings. The highest BCUT2D eigenvalue weighted by molar-refractivity contribution is 5.87. The molecule has 6 nitrogen and oxygen atoms in total. The van der Waals surface area contributed by atoms with Crippen molar-refractivity contribution < 1.29 is 19.1 Å². The van der Waals surface area contributed by atoms with Crippen LogP contribution in [0.3, 0.4) is 0 Å². The van der Waals surface area contributed by atoms with Crippen molar-refractivity contribution in [2.24, 2.45) is 0 Å². The van der Waals surface area contributed by atoms with Crippen LogP contribution in [0.4, 0.5) is 0 Å². The standard InChI is InChI=1S/C18H20N2O4/c21-16(10-17(22)19-11-15-6-3-9-24-15)18(23)20-8-7-13-4-1-2-5-14(13)12-20/h1-6,9,16,21H,7-8,10-12H2,(H,19,22)/t16-/m1/s1. The smallest absolute Gasteiger partial charge is 0.252 e. The molecule has 3 rings (SSSR count). The third-order valence-electron chi connectivity index (χ3n) is 4.15. The number of aliphatic hydroxyl groups is 1. The van der Waals surface area contributed by atoms with Crippen LogP contribution >= 0.6 is 0 Å². The number of nitrogens with zero attached hydrogens (tertiary/aromatic N) is 1. The maximum atomic E-state index is 12.4. The largest absolute Gasteiger partial charge is 0.467 e. The zero-order valence-corrected chi connectivity index (χ0v) is 13.3. The minimum atomic E-state index is -1.33. The topological polar surface area (TPSA) is 82.8 Å². The predicted octanol–water partition coefficient (Wildman–Crippen LogP) is 1.23. The van der Waals surface area contributed by atoms with Crippen LogP contribution in [-0.4, -0.2) is 34.5 Å². The number of hydrogen-bond donors (Lipinski definition) is 2. The van der Waals surface area contributed by atoms with Gasteiger partial charge in [-0.3, -0.25) is 9.59 Å². The number of rotatable bonds is 5. The second-order valence-corrected chi connectivity index (χ2v) is 5.85. The highest BCUT2D eigenvalue weighted by Gasteiger charge is 2.27. The van der Waals surface area contributed by atoms with Crippen molar-refractivity contribution >= 4 is 11.8 Å². The minimum absolute atomic E-state index is 0.240. The molecule has 0 spiro atoms. The van der Waals surface area contributed by atoms with Crippen LogP contribution < -0.4 is 5.32 Å². The summed E-state index contributed by atoms with van der Waals surface area (Å²) in [6.07, 6.45) is 0.706. The molecule has 2 aromatic rings. The van der Waals surface area contributed by atoms with Gasteiger partial charge in [0, 0.05) is 13.1 Å². The number of hydrogen-bond acceptors (Lipinski definition) is 4. The lowest BCUT2D eigenvalue weighted by molar-refractivity contribution is -0.144. The first kappa shape index (κ1) is 16.3. The Morgan fingerprint density at radius 2 is 2.00 bits per heavy atom. The van der Waals surface area contributed by atoms with E-state index in [-0.39, 0.29) is 18.9 Å². The maximum absolute atomic E-state index is 12.4. The number of aliphatic hydroxyl groups excluding tert-OH is 1. The Labute approximate surface area is 140 Å². The van der Waals surface area contributed by atoms with E-state index in [0.717, 1.165) is 12.0 Å². The Kier molecular flexibility index (Phi) is 4.96. The van der Waals surface area contributed by atoms with Gasteiger partial charge in [-0.1, -0.05) is 24.3 Å². The van der Waals surface area contributed by atoms with Crippen molar-refractivity contribution in [1.29, 1.82) is 0 Å². The Hall–Kier alpha value is -2.60. The van der Waals surface area contributed by atoms with Gasteiger partial charge in [-0.05, 0) is 29.7 Å². The van der Waals surface area contributed by atoms with Crippen molar-refractivity contribution in [1.82, 2.24) is 10.2 Å². The summed E-state index contributed by atoms with van der Waals surface area (Å²) in [7, 11) is 0. The van der Waals surface area contributed by atoms with E-state index in [9.17, 15) is 14.7 Å². The Balaban J connectivity index is 1.50. The second-order valence-electron chi connectivity index (χ2n) is 5.85. The van der Waals surface area contributed by atoms with Crippen LogP contribution in [0, 0.1) is 0 Å². The average molecular weight is 328 g/mol. The third kappa shape index (κ3) is 3.83. The molecule has 126 valence electrons. The first-order valence-corrected chi connectivity index (χ1v) is 7.96. The normalized spacial score (nSPS) is 14.8. The molecule has 0 saturated carbocycles. The molecule has 24 heavy (non-hydrogen) atoms. The van der Waals surface area contributed by atoms with Crippen LogP contribution in [0.25, 0.3) is 0 Å². The van der Waals surface area contributed by atoms with Crippen LogP contribution in [0.1, 0.15) is 23.3 Å². The number of amides is 2. The molecule has 0 saturated heterocycles. The molecular weight excluding hydrogens is 308 g/mol. The summed E-state index contributed by atoms with van der Waals surface area (Å²) in [6.45, 7) is 1.27. The van der Waals surface area contributed by atoms with Gasteiger partial charge in [0.05, 0.1) is 19.2 Å². The Morgan fingerprint density at radius 1 is 1.21 bits per heavy atom. The van der Waals surface area contributed by atoms with Gasteiger partial charge in [-0.2, -0.15) is 0 Å². The SMILES string of the molecule is O=C(C[C@@H](O)C(=O)N1CCc2ccccc2C1)NCc1ccco1. The van der Waals surface area contributed by atoms with Gasteiger partial charge in [-0.15, -0.1) is 0 Å². The van der Waals surface area contributed by atoms with Gasteiger partial charge < -0.3 is 19.7 Å². The third-order valence-corrected chi connectivity index (χ3v) is 4.15. The first-order valence-electron chi connectivity index (χ1n) is 7.96. The Bertz CT molecular complexity index is 712. The molecule has 0 unspecified atom stereocenters. The number of furan rings is 1. The lowest BCUT2D eigenvalue weighted by Crippen LogP contribution is -2.43. The molecule has 1 atom stereocenters. The van der Waals surface area contributed by atoms with Crippen LogP contribution in [0.5, 0.6) is 0 Å². The predicted molar refractivity (Wildman–Crippen MR) is 86.7 cm³/mol. The quantitative estimate of drug-likeness (QED) is 0.865. The summed E-state index contributed by atoms with van der Waals surface area (Å²) in [6, 6.07) is 11.4. The number of fused-ring (bicyclic) bond motifs is 1. The molecule has 6 heteroatoms. The van der Waals surface area contributed by atoms with E-state index in [0.29, 0.717) is 18.8 Å². The van der Waals surface area contributed by atoms with Gasteiger partial charge in [-0.25, -0.2) is 0 Å². The summed E-state index contributed by atoms with van der Waals surface area (Å²) in [5.41, 5.74) is 2.32. The fraction of sp³-hybridized carbons (Fsp3) is 0.333. The van der Waals surface area contributed by atoms with E-state index in [4.69, 9.17) is 4.42 Å². The van der Waals surface area contributed by atoms with E-state index in [1.54, 1.807) is 17.0 Å². The highest BCUT2D eigenvalue weighted by Crippen LogP contribution is 2.19. The second kappa shape index (κ2) is 7.31. The molecule has 0 bridgehead atoms. The fourth-order valence-electron chi connectivity index (χ4n) is 2.83. The summed E-state index contributed by atoms with van der Waals surface area (Å²) in [4.78, 5) is 25.8. The zero-order chi connectivity index (χ0) is 16.9.